The lowest BCUT2D eigenvalue weighted by Gasteiger charge is -2.47. The summed E-state index contributed by atoms with van der Waals surface area (Å²) in [7, 11) is 0. The van der Waals surface area contributed by atoms with E-state index in [0.29, 0.717) is 75.8 Å². The molecule has 3 heterocycles. The van der Waals surface area contributed by atoms with Crippen LogP contribution in [0.25, 0.3) is 0 Å². The monoisotopic (exact) mass is 520 g/mol. The normalized spacial score (nSPS) is 20.8. The molecule has 0 spiro atoms. The molecular weight excluding hydrogens is 484 g/mol. The number of esters is 1. The number of rotatable bonds is 7. The average molecular weight is 521 g/mol. The van der Waals surface area contributed by atoms with Crippen molar-refractivity contribution in [1.29, 1.82) is 0 Å². The van der Waals surface area contributed by atoms with Gasteiger partial charge in [0.2, 0.25) is 5.91 Å². The highest BCUT2D eigenvalue weighted by atomic mass is 16.5. The van der Waals surface area contributed by atoms with Crippen LogP contribution in [0, 0.1) is 5.92 Å². The summed E-state index contributed by atoms with van der Waals surface area (Å²) in [6, 6.07) is 11.0. The van der Waals surface area contributed by atoms with Crippen molar-refractivity contribution in [1.82, 2.24) is 9.80 Å². The Labute approximate surface area is 223 Å². The van der Waals surface area contributed by atoms with Gasteiger partial charge in [0.25, 0.3) is 5.91 Å². The van der Waals surface area contributed by atoms with Gasteiger partial charge in [0.1, 0.15) is 0 Å². The molecule has 3 aliphatic heterocycles. The molecule has 202 valence electrons. The predicted octanol–water partition coefficient (Wildman–Crippen LogP) is 4.12. The minimum absolute atomic E-state index is 0.0121. The molecular formula is C30H36N2O6. The Bertz CT molecular complexity index is 1220. The van der Waals surface area contributed by atoms with Gasteiger partial charge in [-0.05, 0) is 74.9 Å². The first-order valence-electron chi connectivity index (χ1n) is 13.8. The first kappa shape index (κ1) is 26.1. The summed E-state index contributed by atoms with van der Waals surface area (Å²) < 4.78 is 17.0. The van der Waals surface area contributed by atoms with E-state index < -0.39 is 12.0 Å². The molecule has 0 saturated carbocycles. The predicted molar refractivity (Wildman–Crippen MR) is 141 cm³/mol. The van der Waals surface area contributed by atoms with Crippen molar-refractivity contribution >= 4 is 17.8 Å². The van der Waals surface area contributed by atoms with Crippen LogP contribution in [0.5, 0.6) is 11.5 Å². The maximum atomic E-state index is 14.3. The molecule has 2 aromatic rings. The third kappa shape index (κ3) is 4.61. The van der Waals surface area contributed by atoms with Crippen LogP contribution in [0.3, 0.4) is 0 Å². The fourth-order valence-electron chi connectivity index (χ4n) is 6.13. The first-order valence-corrected chi connectivity index (χ1v) is 13.8. The number of carbonyl (C=O) groups excluding carboxylic acids is 3. The fourth-order valence-corrected chi connectivity index (χ4v) is 6.13. The van der Waals surface area contributed by atoms with Crippen LogP contribution in [0.1, 0.15) is 72.6 Å². The van der Waals surface area contributed by atoms with Crippen molar-refractivity contribution in [2.24, 2.45) is 5.92 Å². The molecule has 0 aliphatic carbocycles. The van der Waals surface area contributed by atoms with Gasteiger partial charge in [-0.25, -0.2) is 0 Å². The Morgan fingerprint density at radius 1 is 0.895 bits per heavy atom. The van der Waals surface area contributed by atoms with E-state index in [1.165, 1.54) is 0 Å². The minimum Gasteiger partial charge on any atom is -0.490 e. The average Bonchev–Trinajstić information content (AvgIpc) is 2.94. The number of piperidine rings is 1. The molecule has 1 saturated heterocycles. The number of amides is 2. The van der Waals surface area contributed by atoms with Crippen molar-refractivity contribution in [2.45, 2.75) is 52.0 Å². The molecule has 0 bridgehead atoms. The number of fused-ring (bicyclic) bond motifs is 4. The van der Waals surface area contributed by atoms with Crippen LogP contribution in [0.2, 0.25) is 0 Å². The van der Waals surface area contributed by atoms with Crippen molar-refractivity contribution in [3.05, 3.63) is 58.7 Å². The van der Waals surface area contributed by atoms with E-state index in [0.717, 1.165) is 16.7 Å². The zero-order valence-corrected chi connectivity index (χ0v) is 22.4. The molecule has 38 heavy (non-hydrogen) atoms. The Balaban J connectivity index is 1.54. The number of benzene rings is 2. The quantitative estimate of drug-likeness (QED) is 0.511. The van der Waals surface area contributed by atoms with Gasteiger partial charge in [-0.1, -0.05) is 18.2 Å². The molecule has 0 aromatic heterocycles. The standard InChI is InChI=1S/C30H36N2O6/c1-4-36-24-17-20-13-16-32-27(23(20)18-25(24)37-5-2)26(21-9-7-8-10-22(21)28(32)33)29(34)31-14-11-19(12-15-31)30(35)38-6-3/h7-10,17-19,26-27H,4-6,11-16H2,1-3H3/t26-,27+/m0/s1. The smallest absolute Gasteiger partial charge is 0.309 e. The summed E-state index contributed by atoms with van der Waals surface area (Å²) in [5, 5.41) is 0. The highest BCUT2D eigenvalue weighted by molar-refractivity contribution is 6.01. The summed E-state index contributed by atoms with van der Waals surface area (Å²) in [5.74, 6) is 0.339. The van der Waals surface area contributed by atoms with Crippen molar-refractivity contribution in [2.75, 3.05) is 39.5 Å². The molecule has 8 heteroatoms. The molecule has 0 unspecified atom stereocenters. The second kappa shape index (κ2) is 11.1. The van der Waals surface area contributed by atoms with Crippen LogP contribution < -0.4 is 9.47 Å². The molecule has 2 aromatic carbocycles. The Kier molecular flexibility index (Phi) is 7.58. The molecule has 5 rings (SSSR count). The van der Waals surface area contributed by atoms with E-state index in [-0.39, 0.29) is 23.7 Å². The molecule has 1 fully saturated rings. The highest BCUT2D eigenvalue weighted by Gasteiger charge is 2.48. The van der Waals surface area contributed by atoms with Gasteiger partial charge in [-0.2, -0.15) is 0 Å². The number of likely N-dealkylation sites (tertiary alicyclic amines) is 1. The second-order valence-corrected chi connectivity index (χ2v) is 9.97. The number of hydrogen-bond donors (Lipinski definition) is 0. The summed E-state index contributed by atoms with van der Waals surface area (Å²) in [6.45, 7) is 8.53. The molecule has 2 atom stereocenters. The van der Waals surface area contributed by atoms with Gasteiger partial charge in [0.05, 0.1) is 37.7 Å². The lowest BCUT2D eigenvalue weighted by Crippen LogP contribution is -2.52. The fraction of sp³-hybridized carbons (Fsp3) is 0.500. The van der Waals surface area contributed by atoms with Gasteiger partial charge in [-0.3, -0.25) is 14.4 Å². The van der Waals surface area contributed by atoms with Gasteiger partial charge >= 0.3 is 5.97 Å². The lowest BCUT2D eigenvalue weighted by atomic mass is 9.75. The molecule has 0 radical (unpaired) electrons. The van der Waals surface area contributed by atoms with Crippen molar-refractivity contribution < 1.29 is 28.6 Å². The largest absolute Gasteiger partial charge is 0.490 e. The van der Waals surface area contributed by atoms with Crippen LogP contribution in [0.4, 0.5) is 0 Å². The van der Waals surface area contributed by atoms with E-state index >= 15 is 0 Å². The molecule has 0 N–H and O–H groups in total. The zero-order valence-electron chi connectivity index (χ0n) is 22.4. The van der Waals surface area contributed by atoms with E-state index in [9.17, 15) is 14.4 Å². The molecule has 2 amide bonds. The van der Waals surface area contributed by atoms with Gasteiger partial charge in [0, 0.05) is 25.2 Å². The van der Waals surface area contributed by atoms with Gasteiger partial charge in [-0.15, -0.1) is 0 Å². The SMILES string of the molecule is CCOC(=O)C1CCN(C(=O)[C@H]2c3ccccc3C(=O)N3CCc4cc(OCC)c(OCC)cc4[C@H]23)CC1. The number of hydrogen-bond acceptors (Lipinski definition) is 6. The molecule has 3 aliphatic rings. The lowest BCUT2D eigenvalue weighted by molar-refractivity contribution is -0.151. The first-order chi connectivity index (χ1) is 18.5. The zero-order chi connectivity index (χ0) is 26.8. The van der Waals surface area contributed by atoms with Crippen LogP contribution in [0.15, 0.2) is 36.4 Å². The van der Waals surface area contributed by atoms with Gasteiger partial charge < -0.3 is 24.0 Å². The van der Waals surface area contributed by atoms with Crippen LogP contribution in [-0.2, 0) is 20.7 Å². The summed E-state index contributed by atoms with van der Waals surface area (Å²) in [4.78, 5) is 43.9. The maximum absolute atomic E-state index is 14.3. The topological polar surface area (TPSA) is 85.4 Å². The van der Waals surface area contributed by atoms with E-state index in [1.54, 1.807) is 6.92 Å². The Hall–Kier alpha value is -3.55. The molecule has 8 nitrogen and oxygen atoms in total. The maximum Gasteiger partial charge on any atom is 0.309 e. The van der Waals surface area contributed by atoms with E-state index in [1.807, 2.05) is 60.0 Å². The Morgan fingerprint density at radius 2 is 1.58 bits per heavy atom. The number of ether oxygens (including phenoxy) is 3. The van der Waals surface area contributed by atoms with E-state index in [2.05, 4.69) is 0 Å². The third-order valence-corrected chi connectivity index (χ3v) is 7.88. The van der Waals surface area contributed by atoms with Crippen LogP contribution in [-0.4, -0.2) is 67.0 Å². The second-order valence-electron chi connectivity index (χ2n) is 9.97. The summed E-state index contributed by atoms with van der Waals surface area (Å²) >= 11 is 0. The van der Waals surface area contributed by atoms with Crippen molar-refractivity contribution in [3.63, 3.8) is 0 Å². The van der Waals surface area contributed by atoms with Gasteiger partial charge in [0.15, 0.2) is 11.5 Å². The number of nitrogens with zero attached hydrogens (tertiary/aromatic N) is 2. The number of carbonyl (C=O) groups is 3. The minimum atomic E-state index is -0.547. The summed E-state index contributed by atoms with van der Waals surface area (Å²) in [5.41, 5.74) is 3.36. The Morgan fingerprint density at radius 3 is 2.26 bits per heavy atom. The van der Waals surface area contributed by atoms with Crippen LogP contribution >= 0.6 is 0 Å². The highest BCUT2D eigenvalue weighted by Crippen LogP contribution is 2.49. The van der Waals surface area contributed by atoms with E-state index in [4.69, 9.17) is 14.2 Å². The summed E-state index contributed by atoms with van der Waals surface area (Å²) in [6.07, 6.45) is 1.84. The van der Waals surface area contributed by atoms with Crippen molar-refractivity contribution in [3.8, 4) is 11.5 Å². The third-order valence-electron chi connectivity index (χ3n) is 7.88.